The molecule has 0 radical (unpaired) electrons. The minimum Gasteiger partial charge on any atom is -0.383 e. The Labute approximate surface area is 112 Å². The zero-order valence-electron chi connectivity index (χ0n) is 10.2. The Balaban J connectivity index is 2.43. The summed E-state index contributed by atoms with van der Waals surface area (Å²) >= 11 is 3.36. The summed E-state index contributed by atoms with van der Waals surface area (Å²) in [6, 6.07) is 0. The zero-order chi connectivity index (χ0) is 12.7. The number of nitrogens with one attached hydrogen (secondary N) is 1. The van der Waals surface area contributed by atoms with Crippen LogP contribution in [0.2, 0.25) is 0 Å². The van der Waals surface area contributed by atoms with Gasteiger partial charge in [0.25, 0.3) is 10.2 Å². The van der Waals surface area contributed by atoms with Gasteiger partial charge >= 0.3 is 0 Å². The van der Waals surface area contributed by atoms with E-state index in [2.05, 4.69) is 20.7 Å². The molecule has 1 unspecified atom stereocenters. The van der Waals surface area contributed by atoms with Crippen LogP contribution in [0.1, 0.15) is 25.7 Å². The standard InChI is InChI=1S/C10H21BrN2O3S/c1-16-9-10(11)8-12-17(14,15)13-6-4-2-3-5-7-13/h10,12H,2-9H2,1H3. The predicted molar refractivity (Wildman–Crippen MR) is 71.6 cm³/mol. The summed E-state index contributed by atoms with van der Waals surface area (Å²) in [5, 5.41) is 0. The summed E-state index contributed by atoms with van der Waals surface area (Å²) in [7, 11) is -1.73. The smallest absolute Gasteiger partial charge is 0.279 e. The first kappa shape index (κ1) is 15.4. The van der Waals surface area contributed by atoms with E-state index >= 15 is 0 Å². The number of methoxy groups -OCH3 is 1. The van der Waals surface area contributed by atoms with Crippen LogP contribution in [0.25, 0.3) is 0 Å². The fraction of sp³-hybridized carbons (Fsp3) is 1.00. The van der Waals surface area contributed by atoms with E-state index in [-0.39, 0.29) is 4.83 Å². The summed E-state index contributed by atoms with van der Waals surface area (Å²) in [6.45, 7) is 2.11. The van der Waals surface area contributed by atoms with Gasteiger partial charge in [0.15, 0.2) is 0 Å². The van der Waals surface area contributed by atoms with Crippen molar-refractivity contribution in [1.82, 2.24) is 9.03 Å². The van der Waals surface area contributed by atoms with Gasteiger partial charge in [0, 0.05) is 26.7 Å². The average Bonchev–Trinajstić information content (AvgIpc) is 2.56. The third-order valence-electron chi connectivity index (χ3n) is 2.74. The maximum atomic E-state index is 12.0. The number of rotatable bonds is 6. The van der Waals surface area contributed by atoms with Crippen LogP contribution in [0.4, 0.5) is 0 Å². The lowest BCUT2D eigenvalue weighted by Gasteiger charge is -2.21. The van der Waals surface area contributed by atoms with Crippen molar-refractivity contribution in [1.29, 1.82) is 0 Å². The number of ether oxygens (including phenoxy) is 1. The molecule has 102 valence electrons. The Bertz CT molecular complexity index is 303. The van der Waals surface area contributed by atoms with Crippen LogP contribution in [0.5, 0.6) is 0 Å². The lowest BCUT2D eigenvalue weighted by Crippen LogP contribution is -2.43. The van der Waals surface area contributed by atoms with E-state index in [0.717, 1.165) is 25.7 Å². The first-order valence-electron chi connectivity index (χ1n) is 5.94. The van der Waals surface area contributed by atoms with Crippen LogP contribution in [-0.4, -0.2) is 50.9 Å². The van der Waals surface area contributed by atoms with E-state index in [0.29, 0.717) is 26.2 Å². The van der Waals surface area contributed by atoms with Crippen LogP contribution in [0.3, 0.4) is 0 Å². The van der Waals surface area contributed by atoms with Gasteiger partial charge in [-0.3, -0.25) is 0 Å². The highest BCUT2D eigenvalue weighted by Crippen LogP contribution is 2.12. The van der Waals surface area contributed by atoms with Gasteiger partial charge < -0.3 is 4.74 Å². The van der Waals surface area contributed by atoms with E-state index in [9.17, 15) is 8.42 Å². The quantitative estimate of drug-likeness (QED) is 0.743. The molecule has 0 aromatic rings. The van der Waals surface area contributed by atoms with Crippen LogP contribution >= 0.6 is 15.9 Å². The topological polar surface area (TPSA) is 58.6 Å². The molecule has 5 nitrogen and oxygen atoms in total. The second kappa shape index (κ2) is 7.68. The predicted octanol–water partition coefficient (Wildman–Crippen LogP) is 1.11. The lowest BCUT2D eigenvalue weighted by atomic mass is 10.2. The molecule has 1 saturated heterocycles. The molecule has 1 fully saturated rings. The summed E-state index contributed by atoms with van der Waals surface area (Å²) in [5.74, 6) is 0. The molecule has 17 heavy (non-hydrogen) atoms. The highest BCUT2D eigenvalue weighted by atomic mass is 79.9. The molecule has 1 aliphatic heterocycles. The number of halogens is 1. The van der Waals surface area contributed by atoms with Gasteiger partial charge in [0.2, 0.25) is 0 Å². The molecule has 0 bridgehead atoms. The average molecular weight is 329 g/mol. The van der Waals surface area contributed by atoms with Gasteiger partial charge in [0.05, 0.1) is 11.4 Å². The number of nitrogens with zero attached hydrogens (tertiary/aromatic N) is 1. The highest BCUT2D eigenvalue weighted by molar-refractivity contribution is 9.09. The normalized spacial score (nSPS) is 21.1. The van der Waals surface area contributed by atoms with Gasteiger partial charge in [0.1, 0.15) is 0 Å². The fourth-order valence-corrected chi connectivity index (χ4v) is 3.78. The third-order valence-corrected chi connectivity index (χ3v) is 4.90. The van der Waals surface area contributed by atoms with Crippen molar-refractivity contribution < 1.29 is 13.2 Å². The maximum absolute atomic E-state index is 12.0. The van der Waals surface area contributed by atoms with Crippen molar-refractivity contribution >= 4 is 26.1 Å². The zero-order valence-corrected chi connectivity index (χ0v) is 12.6. The first-order chi connectivity index (χ1) is 8.06. The molecule has 1 N–H and O–H groups in total. The Kier molecular flexibility index (Phi) is 6.94. The molecule has 1 rings (SSSR count). The summed E-state index contributed by atoms with van der Waals surface area (Å²) in [4.78, 5) is 0.00857. The van der Waals surface area contributed by atoms with Crippen LogP contribution < -0.4 is 4.72 Å². The molecule has 0 spiro atoms. The van der Waals surface area contributed by atoms with E-state index < -0.39 is 10.2 Å². The largest absolute Gasteiger partial charge is 0.383 e. The van der Waals surface area contributed by atoms with Crippen molar-refractivity contribution in [3.8, 4) is 0 Å². The van der Waals surface area contributed by atoms with Crippen molar-refractivity contribution in [2.24, 2.45) is 0 Å². The van der Waals surface area contributed by atoms with Crippen molar-refractivity contribution in [3.05, 3.63) is 0 Å². The molecule has 1 heterocycles. The molecule has 7 heteroatoms. The maximum Gasteiger partial charge on any atom is 0.279 e. The van der Waals surface area contributed by atoms with Gasteiger partial charge in [-0.1, -0.05) is 28.8 Å². The number of hydrogen-bond donors (Lipinski definition) is 1. The Morgan fingerprint density at radius 1 is 1.29 bits per heavy atom. The van der Waals surface area contributed by atoms with Crippen LogP contribution in [0.15, 0.2) is 0 Å². The van der Waals surface area contributed by atoms with Gasteiger partial charge in [-0.15, -0.1) is 0 Å². The minimum atomic E-state index is -3.32. The van der Waals surface area contributed by atoms with Crippen molar-refractivity contribution in [2.75, 3.05) is 33.4 Å². The van der Waals surface area contributed by atoms with Crippen molar-refractivity contribution in [2.45, 2.75) is 30.5 Å². The third kappa shape index (κ3) is 5.65. The molecule has 0 aromatic carbocycles. The van der Waals surface area contributed by atoms with E-state index in [1.165, 1.54) is 0 Å². The first-order valence-corrected chi connectivity index (χ1v) is 8.29. The second-order valence-electron chi connectivity index (χ2n) is 4.22. The van der Waals surface area contributed by atoms with E-state index in [1.54, 1.807) is 11.4 Å². The molecule has 0 amide bonds. The minimum absolute atomic E-state index is 0.00857. The van der Waals surface area contributed by atoms with E-state index in [1.807, 2.05) is 0 Å². The fourth-order valence-electron chi connectivity index (χ4n) is 1.81. The second-order valence-corrected chi connectivity index (χ2v) is 7.27. The number of alkyl halides is 1. The number of hydrogen-bond acceptors (Lipinski definition) is 3. The van der Waals surface area contributed by atoms with Gasteiger partial charge in [-0.05, 0) is 12.8 Å². The molecule has 1 atom stereocenters. The van der Waals surface area contributed by atoms with Crippen LogP contribution in [0, 0.1) is 0 Å². The molecule has 0 aliphatic carbocycles. The molecule has 1 aliphatic rings. The monoisotopic (exact) mass is 328 g/mol. The Morgan fingerprint density at radius 3 is 2.41 bits per heavy atom. The van der Waals surface area contributed by atoms with Crippen molar-refractivity contribution in [3.63, 3.8) is 0 Å². The lowest BCUT2D eigenvalue weighted by molar-refractivity contribution is 0.201. The summed E-state index contributed by atoms with van der Waals surface area (Å²) in [6.07, 6.45) is 4.15. The summed E-state index contributed by atoms with van der Waals surface area (Å²) in [5.41, 5.74) is 0. The van der Waals surface area contributed by atoms with Gasteiger partial charge in [-0.25, -0.2) is 4.72 Å². The molecular formula is C10H21BrN2O3S. The Morgan fingerprint density at radius 2 is 1.88 bits per heavy atom. The molecular weight excluding hydrogens is 308 g/mol. The summed E-state index contributed by atoms with van der Waals surface area (Å²) < 4.78 is 33.1. The SMILES string of the molecule is COCC(Br)CNS(=O)(=O)N1CCCCCC1. The van der Waals surface area contributed by atoms with Crippen LogP contribution in [-0.2, 0) is 14.9 Å². The Hall–Kier alpha value is 0.310. The molecule has 0 saturated carbocycles. The van der Waals surface area contributed by atoms with E-state index in [4.69, 9.17) is 4.74 Å². The van der Waals surface area contributed by atoms with Gasteiger partial charge in [-0.2, -0.15) is 12.7 Å². The molecule has 0 aromatic heterocycles. The highest BCUT2D eigenvalue weighted by Gasteiger charge is 2.23.